The van der Waals surface area contributed by atoms with E-state index in [0.29, 0.717) is 28.6 Å². The molecule has 192 valence electrons. The second kappa shape index (κ2) is 11.3. The summed E-state index contributed by atoms with van der Waals surface area (Å²) in [5.74, 6) is -0.0426. The molecule has 1 amide bonds. The molecule has 2 aliphatic rings. The topological polar surface area (TPSA) is 78.9 Å². The van der Waals surface area contributed by atoms with Gasteiger partial charge in [-0.25, -0.2) is 0 Å². The van der Waals surface area contributed by atoms with E-state index in [1.807, 2.05) is 24.3 Å². The smallest absolute Gasteiger partial charge is 0.308 e. The Morgan fingerprint density at radius 2 is 2.06 bits per heavy atom. The van der Waals surface area contributed by atoms with Gasteiger partial charge in [0.1, 0.15) is 5.75 Å². The Bertz CT molecular complexity index is 1140. The van der Waals surface area contributed by atoms with E-state index >= 15 is 0 Å². The largest absolute Gasteiger partial charge is 0.427 e. The maximum atomic E-state index is 13.0. The second-order valence-corrected chi connectivity index (χ2v) is 10.7. The maximum Gasteiger partial charge on any atom is 0.308 e. The van der Waals surface area contributed by atoms with Crippen LogP contribution in [0.5, 0.6) is 5.75 Å². The summed E-state index contributed by atoms with van der Waals surface area (Å²) in [5, 5.41) is 15.4. The molecule has 2 aromatic rings. The van der Waals surface area contributed by atoms with E-state index in [2.05, 4.69) is 16.8 Å². The summed E-state index contributed by atoms with van der Waals surface area (Å²) in [6.45, 7) is 7.58. The van der Waals surface area contributed by atoms with Gasteiger partial charge in [0.05, 0.1) is 22.6 Å². The van der Waals surface area contributed by atoms with Crippen LogP contribution < -0.4 is 10.1 Å². The normalized spacial score (nSPS) is 26.1. The Morgan fingerprint density at radius 3 is 2.78 bits per heavy atom. The van der Waals surface area contributed by atoms with E-state index in [0.717, 1.165) is 37.2 Å². The number of nitrogens with one attached hydrogen (secondary N) is 1. The quantitative estimate of drug-likeness (QED) is 0.312. The van der Waals surface area contributed by atoms with Crippen molar-refractivity contribution in [1.82, 2.24) is 10.2 Å². The lowest BCUT2D eigenvalue weighted by atomic mass is 9.57. The molecule has 0 spiro atoms. The molecule has 1 aliphatic heterocycles. The number of hydrogen-bond acceptors (Lipinski definition) is 5. The van der Waals surface area contributed by atoms with Crippen LogP contribution in [0, 0.1) is 5.92 Å². The van der Waals surface area contributed by atoms with Crippen LogP contribution in [0.15, 0.2) is 55.1 Å². The minimum atomic E-state index is -0.598. The van der Waals surface area contributed by atoms with Gasteiger partial charge in [-0.3, -0.25) is 14.5 Å². The SMILES string of the molecule is C=CCN1CCC2(c3cccc(OC(C)=O)c3)C[C@H](NC(=O)Cc3ccc(Cl)c(Cl)c3)CC(O)C2C1. The Hall–Kier alpha value is -2.38. The Morgan fingerprint density at radius 1 is 1.25 bits per heavy atom. The van der Waals surface area contributed by atoms with Crippen LogP contribution in [0.25, 0.3) is 0 Å². The molecular weight excluding hydrogens is 499 g/mol. The van der Waals surface area contributed by atoms with Gasteiger partial charge in [0.2, 0.25) is 5.91 Å². The van der Waals surface area contributed by atoms with Gasteiger partial charge in [-0.2, -0.15) is 0 Å². The van der Waals surface area contributed by atoms with Gasteiger partial charge in [-0.05, 0) is 61.2 Å². The van der Waals surface area contributed by atoms with Gasteiger partial charge in [-0.1, -0.05) is 47.5 Å². The highest BCUT2D eigenvalue weighted by atomic mass is 35.5. The van der Waals surface area contributed by atoms with E-state index < -0.39 is 6.10 Å². The number of likely N-dealkylation sites (tertiary alicyclic amines) is 1. The summed E-state index contributed by atoms with van der Waals surface area (Å²) in [7, 11) is 0. The molecule has 0 bridgehead atoms. The first kappa shape index (κ1) is 26.7. The van der Waals surface area contributed by atoms with Gasteiger partial charge in [0.25, 0.3) is 0 Å². The zero-order valence-electron chi connectivity index (χ0n) is 20.4. The number of nitrogens with zero attached hydrogens (tertiary/aromatic N) is 1. The molecule has 2 aromatic carbocycles. The number of amides is 1. The molecule has 0 radical (unpaired) electrons. The molecule has 6 nitrogen and oxygen atoms in total. The maximum absolute atomic E-state index is 13.0. The van der Waals surface area contributed by atoms with Crippen molar-refractivity contribution in [3.05, 3.63) is 76.3 Å². The molecule has 36 heavy (non-hydrogen) atoms. The minimum absolute atomic E-state index is 0.0259. The summed E-state index contributed by atoms with van der Waals surface area (Å²) in [6, 6.07) is 12.6. The predicted octanol–water partition coefficient (Wildman–Crippen LogP) is 4.55. The number of esters is 1. The number of aliphatic hydroxyl groups excluding tert-OH is 1. The molecule has 8 heteroatoms. The number of benzene rings is 2. The third kappa shape index (κ3) is 5.94. The third-order valence-corrected chi connectivity index (χ3v) is 8.15. The van der Waals surface area contributed by atoms with Gasteiger partial charge in [0, 0.05) is 37.4 Å². The molecule has 2 N–H and O–H groups in total. The standard InChI is InChI=1S/C28H32Cl2N2O4/c1-3-10-32-11-9-28(20-5-4-6-22(14-20)36-18(2)33)16-21(15-26(34)23(28)17-32)31-27(35)13-19-7-8-24(29)25(30)12-19/h3-8,12,14,21,23,26,34H,1,9-11,13,15-17H2,2H3,(H,31,35)/t21-,23?,26?,28?/m1/s1. The summed E-state index contributed by atoms with van der Waals surface area (Å²) in [4.78, 5) is 26.8. The highest BCUT2D eigenvalue weighted by molar-refractivity contribution is 6.42. The number of hydrogen-bond donors (Lipinski definition) is 2. The van der Waals surface area contributed by atoms with E-state index in [-0.39, 0.29) is 35.7 Å². The van der Waals surface area contributed by atoms with E-state index in [1.165, 1.54) is 6.92 Å². The number of ether oxygens (including phenoxy) is 1. The minimum Gasteiger partial charge on any atom is -0.427 e. The van der Waals surface area contributed by atoms with Crippen LogP contribution in [0.2, 0.25) is 10.0 Å². The predicted molar refractivity (Wildman–Crippen MR) is 142 cm³/mol. The fourth-order valence-electron chi connectivity index (χ4n) is 5.89. The summed E-state index contributed by atoms with van der Waals surface area (Å²) in [5.41, 5.74) is 1.43. The number of carbonyl (C=O) groups is 2. The van der Waals surface area contributed by atoms with Crippen molar-refractivity contribution in [3.63, 3.8) is 0 Å². The number of aliphatic hydroxyl groups is 1. The number of fused-ring (bicyclic) bond motifs is 1. The molecule has 3 unspecified atom stereocenters. The fraction of sp³-hybridized carbons (Fsp3) is 0.429. The van der Waals surface area contributed by atoms with Crippen LogP contribution in [-0.4, -0.2) is 53.7 Å². The zero-order valence-corrected chi connectivity index (χ0v) is 21.9. The molecular formula is C28H32Cl2N2O4. The van der Waals surface area contributed by atoms with Crippen molar-refractivity contribution < 1.29 is 19.4 Å². The summed E-state index contributed by atoms with van der Waals surface area (Å²) in [6.07, 6.45) is 3.44. The van der Waals surface area contributed by atoms with Crippen LogP contribution in [0.1, 0.15) is 37.3 Å². The number of rotatable bonds is 7. The molecule has 2 fully saturated rings. The molecule has 1 saturated heterocycles. The monoisotopic (exact) mass is 530 g/mol. The van der Waals surface area contributed by atoms with Gasteiger partial charge < -0.3 is 15.2 Å². The lowest BCUT2D eigenvalue weighted by Gasteiger charge is -2.54. The Kier molecular flexibility index (Phi) is 8.41. The summed E-state index contributed by atoms with van der Waals surface area (Å²) < 4.78 is 5.37. The average molecular weight is 531 g/mol. The van der Waals surface area contributed by atoms with Crippen molar-refractivity contribution in [2.24, 2.45) is 5.92 Å². The molecule has 4 atom stereocenters. The van der Waals surface area contributed by atoms with Crippen molar-refractivity contribution >= 4 is 35.1 Å². The van der Waals surface area contributed by atoms with Crippen molar-refractivity contribution in [2.45, 2.75) is 50.2 Å². The molecule has 1 saturated carbocycles. The summed E-state index contributed by atoms with van der Waals surface area (Å²) >= 11 is 12.1. The first-order chi connectivity index (χ1) is 17.2. The van der Waals surface area contributed by atoms with Crippen molar-refractivity contribution in [1.29, 1.82) is 0 Å². The van der Waals surface area contributed by atoms with Crippen molar-refractivity contribution in [2.75, 3.05) is 19.6 Å². The second-order valence-electron chi connectivity index (χ2n) is 9.88. The average Bonchev–Trinajstić information content (AvgIpc) is 2.82. The number of halogens is 2. The highest BCUT2D eigenvalue weighted by Gasteiger charge is 2.52. The van der Waals surface area contributed by atoms with Gasteiger partial charge in [0.15, 0.2) is 0 Å². The number of carbonyl (C=O) groups excluding carboxylic acids is 2. The van der Waals surface area contributed by atoms with E-state index in [9.17, 15) is 14.7 Å². The molecule has 1 heterocycles. The Labute approximate surface area is 222 Å². The van der Waals surface area contributed by atoms with Crippen LogP contribution >= 0.6 is 23.2 Å². The van der Waals surface area contributed by atoms with Crippen LogP contribution in [-0.2, 0) is 21.4 Å². The third-order valence-electron chi connectivity index (χ3n) is 7.41. The van der Waals surface area contributed by atoms with Gasteiger partial charge in [-0.15, -0.1) is 6.58 Å². The van der Waals surface area contributed by atoms with E-state index in [4.69, 9.17) is 27.9 Å². The lowest BCUT2D eigenvalue weighted by molar-refractivity contribution is -0.132. The highest BCUT2D eigenvalue weighted by Crippen LogP contribution is 2.49. The van der Waals surface area contributed by atoms with E-state index in [1.54, 1.807) is 24.3 Å². The fourth-order valence-corrected chi connectivity index (χ4v) is 6.21. The van der Waals surface area contributed by atoms with Gasteiger partial charge >= 0.3 is 5.97 Å². The number of piperidine rings is 1. The lowest BCUT2D eigenvalue weighted by Crippen LogP contribution is -2.61. The molecule has 1 aliphatic carbocycles. The van der Waals surface area contributed by atoms with Crippen LogP contribution in [0.4, 0.5) is 0 Å². The zero-order chi connectivity index (χ0) is 25.9. The first-order valence-corrected chi connectivity index (χ1v) is 13.0. The van der Waals surface area contributed by atoms with Crippen LogP contribution in [0.3, 0.4) is 0 Å². The molecule has 0 aromatic heterocycles. The van der Waals surface area contributed by atoms with Crippen molar-refractivity contribution in [3.8, 4) is 5.75 Å². The molecule has 4 rings (SSSR count). The Balaban J connectivity index is 1.58. The first-order valence-electron chi connectivity index (χ1n) is 12.2.